The Morgan fingerprint density at radius 2 is 1.67 bits per heavy atom. The van der Waals surface area contributed by atoms with Gasteiger partial charge >= 0.3 is 46.4 Å². The van der Waals surface area contributed by atoms with Crippen molar-refractivity contribution in [3.05, 3.63) is 52.8 Å². The molecule has 2 rings (SSSR count). The molecule has 1 aliphatic rings. The van der Waals surface area contributed by atoms with Crippen LogP contribution >= 0.6 is 24.8 Å². The number of hydrogen-bond donors (Lipinski definition) is 1. The first-order valence-electron chi connectivity index (χ1n) is 4.08. The van der Waals surface area contributed by atoms with E-state index in [1.165, 1.54) is 4.28 Å². The van der Waals surface area contributed by atoms with Crippen LogP contribution in [0, 0.1) is 0 Å². The molecule has 1 aromatic rings. The Kier molecular flexibility index (Phi) is 11.6. The first-order valence-corrected chi connectivity index (χ1v) is 4.77. The first-order chi connectivity index (χ1) is 6.29. The van der Waals surface area contributed by atoms with E-state index in [-0.39, 0.29) is 24.8 Å². The summed E-state index contributed by atoms with van der Waals surface area (Å²) in [4.78, 5) is 0. The van der Waals surface area contributed by atoms with Crippen molar-refractivity contribution in [1.82, 2.24) is 0 Å². The minimum atomic E-state index is 0. The molecule has 4 heteroatoms. The van der Waals surface area contributed by atoms with Gasteiger partial charge in [0.05, 0.1) is 0 Å². The third-order valence-electron chi connectivity index (χ3n) is 1.51. The molecule has 0 heterocycles. The molecular weight excluding hydrogens is 270 g/mol. The predicted octanol–water partition coefficient (Wildman–Crippen LogP) is 3.61. The van der Waals surface area contributed by atoms with Crippen LogP contribution in [0.5, 0.6) is 5.75 Å². The summed E-state index contributed by atoms with van der Waals surface area (Å²) in [7, 11) is 0. The van der Waals surface area contributed by atoms with Gasteiger partial charge in [0.15, 0.2) is 0 Å². The molecule has 82 valence electrons. The quantitative estimate of drug-likeness (QED) is 0.771. The SMILES string of the molecule is Cl.Cl.Oc1ccccc1.[V][C]1=CC=CC1. The monoisotopic (exact) mass is 282 g/mol. The summed E-state index contributed by atoms with van der Waals surface area (Å²) < 4.78 is 1.41. The Hall–Kier alpha value is -0.336. The first kappa shape index (κ1) is 17.1. The third kappa shape index (κ3) is 8.65. The van der Waals surface area contributed by atoms with Gasteiger partial charge in [0.25, 0.3) is 0 Å². The fourth-order valence-corrected chi connectivity index (χ4v) is 1.16. The fraction of sp³-hybridized carbons (Fsp3) is 0.0909. The number of allylic oxidation sites excluding steroid dienone is 4. The Morgan fingerprint density at radius 1 is 1.07 bits per heavy atom. The Bertz CT molecular complexity index is 310. The van der Waals surface area contributed by atoms with Gasteiger partial charge in [0.2, 0.25) is 0 Å². The van der Waals surface area contributed by atoms with Crippen LogP contribution in [0.4, 0.5) is 0 Å². The van der Waals surface area contributed by atoms with E-state index in [4.69, 9.17) is 5.11 Å². The Balaban J connectivity index is 0. The minimum absolute atomic E-state index is 0. The van der Waals surface area contributed by atoms with Crippen molar-refractivity contribution >= 4 is 24.8 Å². The molecule has 0 unspecified atom stereocenters. The van der Waals surface area contributed by atoms with Crippen LogP contribution in [0.15, 0.2) is 52.8 Å². The third-order valence-corrected chi connectivity index (χ3v) is 2.03. The molecule has 0 aromatic heterocycles. The van der Waals surface area contributed by atoms with Crippen molar-refractivity contribution in [2.45, 2.75) is 6.42 Å². The molecular formula is C11H13Cl2OV. The summed E-state index contributed by atoms with van der Waals surface area (Å²) in [6.07, 6.45) is 7.47. The van der Waals surface area contributed by atoms with Gasteiger partial charge in [-0.1, -0.05) is 18.2 Å². The van der Waals surface area contributed by atoms with Gasteiger partial charge in [-0.3, -0.25) is 0 Å². The number of aromatic hydroxyl groups is 1. The summed E-state index contributed by atoms with van der Waals surface area (Å²) in [6.45, 7) is 0. The summed E-state index contributed by atoms with van der Waals surface area (Å²) in [5.41, 5.74) is 0. The average molecular weight is 283 g/mol. The van der Waals surface area contributed by atoms with E-state index in [1.54, 1.807) is 24.3 Å². The van der Waals surface area contributed by atoms with Crippen molar-refractivity contribution in [1.29, 1.82) is 0 Å². The van der Waals surface area contributed by atoms with Gasteiger partial charge < -0.3 is 5.11 Å². The fourth-order valence-electron chi connectivity index (χ4n) is 0.864. The van der Waals surface area contributed by atoms with Crippen molar-refractivity contribution in [2.75, 3.05) is 0 Å². The van der Waals surface area contributed by atoms with Crippen LogP contribution in [-0.2, 0) is 17.4 Å². The van der Waals surface area contributed by atoms with E-state index in [9.17, 15) is 0 Å². The second-order valence-corrected chi connectivity index (χ2v) is 3.52. The van der Waals surface area contributed by atoms with E-state index in [0.717, 1.165) is 6.42 Å². The molecule has 0 amide bonds. The van der Waals surface area contributed by atoms with E-state index in [0.29, 0.717) is 5.75 Å². The predicted molar refractivity (Wildman–Crippen MR) is 64.4 cm³/mol. The van der Waals surface area contributed by atoms with Gasteiger partial charge in [0, 0.05) is 0 Å². The number of para-hydroxylation sites is 1. The molecule has 0 saturated carbocycles. The van der Waals surface area contributed by atoms with Crippen molar-refractivity contribution in [2.24, 2.45) is 0 Å². The van der Waals surface area contributed by atoms with Crippen molar-refractivity contribution in [3.8, 4) is 5.75 Å². The standard InChI is InChI=1S/C6H6O.C5H5.2ClH.V/c7-6-4-2-1-3-5-6;1-2-4-5-3-1;;;/h1-5,7H;1-3H,4H2;2*1H;. The molecule has 0 fully saturated rings. The second-order valence-electron chi connectivity index (χ2n) is 2.63. The maximum atomic E-state index is 8.63. The molecule has 0 atom stereocenters. The van der Waals surface area contributed by atoms with Gasteiger partial charge in [0.1, 0.15) is 5.75 Å². The van der Waals surface area contributed by atoms with Crippen molar-refractivity contribution in [3.63, 3.8) is 0 Å². The van der Waals surface area contributed by atoms with Crippen LogP contribution in [0.2, 0.25) is 0 Å². The topological polar surface area (TPSA) is 20.2 Å². The number of hydrogen-bond acceptors (Lipinski definition) is 1. The molecule has 15 heavy (non-hydrogen) atoms. The van der Waals surface area contributed by atoms with Gasteiger partial charge in [-0.15, -0.1) is 24.8 Å². The molecule has 0 spiro atoms. The zero-order valence-corrected chi connectivity index (χ0v) is 11.1. The Labute approximate surface area is 112 Å². The molecule has 0 bridgehead atoms. The molecule has 1 aliphatic carbocycles. The van der Waals surface area contributed by atoms with Gasteiger partial charge in [-0.05, 0) is 12.1 Å². The van der Waals surface area contributed by atoms with Crippen molar-refractivity contribution < 1.29 is 22.5 Å². The Morgan fingerprint density at radius 3 is 1.87 bits per heavy atom. The van der Waals surface area contributed by atoms with Gasteiger partial charge in [-0.2, -0.15) is 0 Å². The maximum absolute atomic E-state index is 8.63. The number of rotatable bonds is 0. The zero-order chi connectivity index (χ0) is 9.52. The molecule has 0 aliphatic heterocycles. The molecule has 1 N–H and O–H groups in total. The second kappa shape index (κ2) is 10.2. The molecule has 1 aromatic carbocycles. The number of phenols is 1. The number of benzene rings is 1. The van der Waals surface area contributed by atoms with Crippen LogP contribution in [0.3, 0.4) is 0 Å². The summed E-state index contributed by atoms with van der Waals surface area (Å²) >= 11 is 2.54. The van der Waals surface area contributed by atoms with E-state index < -0.39 is 0 Å². The number of halogens is 2. The summed E-state index contributed by atoms with van der Waals surface area (Å²) in [5.74, 6) is 0.322. The number of phenolic OH excluding ortho intramolecular Hbond substituents is 1. The van der Waals surface area contributed by atoms with E-state index >= 15 is 0 Å². The normalized spacial score (nSPS) is 11.3. The summed E-state index contributed by atoms with van der Waals surface area (Å²) in [6, 6.07) is 8.71. The molecule has 0 saturated heterocycles. The van der Waals surface area contributed by atoms with Crippen LogP contribution in [-0.4, -0.2) is 5.11 Å². The van der Waals surface area contributed by atoms with Crippen LogP contribution in [0.25, 0.3) is 0 Å². The summed E-state index contributed by atoms with van der Waals surface area (Å²) in [5, 5.41) is 8.63. The zero-order valence-electron chi connectivity index (χ0n) is 8.04. The average Bonchev–Trinajstić information content (AvgIpc) is 2.58. The molecule has 1 nitrogen and oxygen atoms in total. The molecule has 0 radical (unpaired) electrons. The van der Waals surface area contributed by atoms with E-state index in [2.05, 4.69) is 35.7 Å². The van der Waals surface area contributed by atoms with Gasteiger partial charge in [-0.25, -0.2) is 0 Å². The van der Waals surface area contributed by atoms with Crippen LogP contribution < -0.4 is 0 Å². The van der Waals surface area contributed by atoms with E-state index in [1.807, 2.05) is 6.07 Å². The van der Waals surface area contributed by atoms with Crippen LogP contribution in [0.1, 0.15) is 6.42 Å².